The van der Waals surface area contributed by atoms with Gasteiger partial charge in [0.1, 0.15) is 18.5 Å². The van der Waals surface area contributed by atoms with Gasteiger partial charge in [0.25, 0.3) is 10.0 Å². The predicted molar refractivity (Wildman–Crippen MR) is 125 cm³/mol. The Hall–Kier alpha value is -2.62. The summed E-state index contributed by atoms with van der Waals surface area (Å²) in [7, 11) is -3.85. The molecule has 1 aliphatic rings. The molecule has 174 valence electrons. The minimum atomic E-state index is -3.85. The fourth-order valence-electron chi connectivity index (χ4n) is 3.27. The molecular weight excluding hydrogens is 430 g/mol. The van der Waals surface area contributed by atoms with E-state index in [-0.39, 0.29) is 35.1 Å². The van der Waals surface area contributed by atoms with E-state index in [1.807, 2.05) is 27.7 Å². The monoisotopic (exact) mass is 461 g/mol. The van der Waals surface area contributed by atoms with Crippen LogP contribution in [0.25, 0.3) is 0 Å². The molecule has 0 bridgehead atoms. The van der Waals surface area contributed by atoms with Gasteiger partial charge < -0.3 is 20.5 Å². The lowest BCUT2D eigenvalue weighted by Gasteiger charge is -2.25. The van der Waals surface area contributed by atoms with Crippen molar-refractivity contribution >= 4 is 27.3 Å². The molecule has 4 N–H and O–H groups in total. The molecule has 0 saturated carbocycles. The minimum absolute atomic E-state index is 0.0350. The molecule has 0 aliphatic carbocycles. The summed E-state index contributed by atoms with van der Waals surface area (Å²) in [6.07, 6.45) is -0.122. The largest absolute Gasteiger partial charge is 0.488 e. The van der Waals surface area contributed by atoms with Crippen LogP contribution in [0.15, 0.2) is 41.3 Å². The summed E-state index contributed by atoms with van der Waals surface area (Å²) in [6, 6.07) is 9.76. The number of benzene rings is 2. The van der Waals surface area contributed by atoms with Crippen LogP contribution in [0.2, 0.25) is 0 Å². The van der Waals surface area contributed by atoms with Crippen molar-refractivity contribution in [2.75, 3.05) is 23.2 Å². The van der Waals surface area contributed by atoms with Gasteiger partial charge in [0.15, 0.2) is 0 Å². The second-order valence-electron chi connectivity index (χ2n) is 9.03. The molecule has 0 radical (unpaired) electrons. The van der Waals surface area contributed by atoms with Gasteiger partial charge >= 0.3 is 0 Å². The van der Waals surface area contributed by atoms with Gasteiger partial charge in [-0.15, -0.1) is 0 Å². The molecule has 9 heteroatoms. The van der Waals surface area contributed by atoms with E-state index < -0.39 is 16.1 Å². The smallest absolute Gasteiger partial charge is 0.262 e. The van der Waals surface area contributed by atoms with Gasteiger partial charge in [0, 0.05) is 29.8 Å². The highest BCUT2D eigenvalue weighted by Gasteiger charge is 2.25. The number of aliphatic hydroxyl groups excluding tert-OH is 1. The molecule has 0 saturated heterocycles. The van der Waals surface area contributed by atoms with Crippen LogP contribution >= 0.6 is 0 Å². The molecule has 32 heavy (non-hydrogen) atoms. The van der Waals surface area contributed by atoms with Gasteiger partial charge in [-0.2, -0.15) is 0 Å². The number of anilines is 2. The van der Waals surface area contributed by atoms with Crippen molar-refractivity contribution in [2.24, 2.45) is 0 Å². The van der Waals surface area contributed by atoms with Crippen molar-refractivity contribution in [3.05, 3.63) is 47.5 Å². The zero-order chi connectivity index (χ0) is 23.5. The molecule has 1 amide bonds. The number of aliphatic hydroxyl groups is 1. The number of aryl methyl sites for hydroxylation is 1. The molecule has 1 atom stereocenters. The van der Waals surface area contributed by atoms with Gasteiger partial charge in [0.05, 0.1) is 10.6 Å². The summed E-state index contributed by atoms with van der Waals surface area (Å²) in [5, 5.41) is 16.3. The quantitative estimate of drug-likeness (QED) is 0.480. The lowest BCUT2D eigenvalue weighted by Crippen LogP contribution is -2.42. The standard InChI is InChI=1S/C23H31N3O5S/c1-15-5-7-17(8-6-15)32(29,30)26-20-11-10-19-18(9-12-21(28)25-19)22(20)31-14-16(27)13-24-23(2,3)4/h5-8,10-11,16,24,26-27H,9,12-14H2,1-4H3,(H,25,28). The van der Waals surface area contributed by atoms with E-state index in [0.717, 1.165) is 5.56 Å². The SMILES string of the molecule is Cc1ccc(S(=O)(=O)Nc2ccc3c(c2OCC(O)CNC(C)(C)C)CCC(=O)N3)cc1. The number of rotatable bonds is 8. The number of fused-ring (bicyclic) bond motifs is 1. The number of sulfonamides is 1. The Morgan fingerprint density at radius 1 is 1.12 bits per heavy atom. The van der Waals surface area contributed by atoms with Crippen molar-refractivity contribution in [3.8, 4) is 5.75 Å². The second-order valence-corrected chi connectivity index (χ2v) is 10.7. The first-order chi connectivity index (χ1) is 14.9. The Labute approximate surface area is 189 Å². The molecule has 1 unspecified atom stereocenters. The molecule has 0 aromatic heterocycles. The van der Waals surface area contributed by atoms with E-state index >= 15 is 0 Å². The number of carbonyl (C=O) groups excluding carboxylic acids is 1. The van der Waals surface area contributed by atoms with E-state index in [1.54, 1.807) is 36.4 Å². The number of ether oxygens (including phenoxy) is 1. The highest BCUT2D eigenvalue weighted by molar-refractivity contribution is 7.92. The third-order valence-electron chi connectivity index (χ3n) is 5.00. The maximum Gasteiger partial charge on any atom is 0.262 e. The molecule has 1 aliphatic heterocycles. The first-order valence-electron chi connectivity index (χ1n) is 10.6. The number of carbonyl (C=O) groups is 1. The summed E-state index contributed by atoms with van der Waals surface area (Å²) < 4.78 is 34.4. The van der Waals surface area contributed by atoms with Crippen LogP contribution in [0.4, 0.5) is 11.4 Å². The van der Waals surface area contributed by atoms with Crippen LogP contribution in [0, 0.1) is 6.92 Å². The number of hydrogen-bond acceptors (Lipinski definition) is 6. The zero-order valence-electron chi connectivity index (χ0n) is 18.9. The summed E-state index contributed by atoms with van der Waals surface area (Å²) in [5.41, 5.74) is 2.33. The summed E-state index contributed by atoms with van der Waals surface area (Å²) in [5.74, 6) is 0.207. The normalized spacial score (nSPS) is 15.0. The first-order valence-corrected chi connectivity index (χ1v) is 12.0. The van der Waals surface area contributed by atoms with E-state index in [9.17, 15) is 18.3 Å². The van der Waals surface area contributed by atoms with Crippen LogP contribution in [-0.4, -0.2) is 44.2 Å². The predicted octanol–water partition coefficient (Wildman–Crippen LogP) is 2.81. The zero-order valence-corrected chi connectivity index (χ0v) is 19.7. The van der Waals surface area contributed by atoms with Crippen LogP contribution in [-0.2, 0) is 21.2 Å². The summed E-state index contributed by atoms with van der Waals surface area (Å²) in [4.78, 5) is 11.9. The molecule has 3 rings (SSSR count). The van der Waals surface area contributed by atoms with Gasteiger partial charge in [-0.25, -0.2) is 8.42 Å². The lowest BCUT2D eigenvalue weighted by molar-refractivity contribution is -0.116. The molecule has 2 aromatic rings. The Kier molecular flexibility index (Phi) is 7.12. The van der Waals surface area contributed by atoms with E-state index in [1.165, 1.54) is 0 Å². The second kappa shape index (κ2) is 9.48. The number of β-amino-alcohol motifs (C(OH)–C–C–N with tert-alkyl or cyclic N) is 1. The van der Waals surface area contributed by atoms with E-state index in [2.05, 4.69) is 15.4 Å². The van der Waals surface area contributed by atoms with Gasteiger partial charge in [0.2, 0.25) is 5.91 Å². The number of amides is 1. The summed E-state index contributed by atoms with van der Waals surface area (Å²) in [6.45, 7) is 8.15. The molecule has 1 heterocycles. The highest BCUT2D eigenvalue weighted by Crippen LogP contribution is 2.38. The Morgan fingerprint density at radius 3 is 2.47 bits per heavy atom. The van der Waals surface area contributed by atoms with Gasteiger partial charge in [-0.1, -0.05) is 17.7 Å². The van der Waals surface area contributed by atoms with Crippen LogP contribution in [0.5, 0.6) is 5.75 Å². The third kappa shape index (κ3) is 6.21. The fourth-order valence-corrected chi connectivity index (χ4v) is 4.34. The maximum absolute atomic E-state index is 12.9. The average Bonchev–Trinajstić information content (AvgIpc) is 2.71. The van der Waals surface area contributed by atoms with Crippen molar-refractivity contribution in [3.63, 3.8) is 0 Å². The highest BCUT2D eigenvalue weighted by atomic mass is 32.2. The van der Waals surface area contributed by atoms with E-state index in [0.29, 0.717) is 30.0 Å². The lowest BCUT2D eigenvalue weighted by atomic mass is 10.0. The van der Waals surface area contributed by atoms with E-state index in [4.69, 9.17) is 4.74 Å². The van der Waals surface area contributed by atoms with Crippen molar-refractivity contribution < 1.29 is 23.1 Å². The Morgan fingerprint density at radius 2 is 1.81 bits per heavy atom. The van der Waals surface area contributed by atoms with Crippen molar-refractivity contribution in [2.45, 2.75) is 57.1 Å². The van der Waals surface area contributed by atoms with Crippen molar-refractivity contribution in [1.29, 1.82) is 0 Å². The topological polar surface area (TPSA) is 117 Å². The number of nitrogens with one attached hydrogen (secondary N) is 3. The number of hydrogen-bond donors (Lipinski definition) is 4. The first kappa shape index (κ1) is 24.0. The molecule has 2 aromatic carbocycles. The third-order valence-corrected chi connectivity index (χ3v) is 6.38. The van der Waals surface area contributed by atoms with Crippen LogP contribution in [0.1, 0.15) is 38.3 Å². The molecule has 0 spiro atoms. The molecular formula is C23H31N3O5S. The average molecular weight is 462 g/mol. The Balaban J connectivity index is 1.87. The van der Waals surface area contributed by atoms with Crippen LogP contribution in [0.3, 0.4) is 0 Å². The Bertz CT molecular complexity index is 1080. The van der Waals surface area contributed by atoms with Crippen LogP contribution < -0.4 is 20.1 Å². The minimum Gasteiger partial charge on any atom is -0.488 e. The van der Waals surface area contributed by atoms with Gasteiger partial charge in [-0.3, -0.25) is 9.52 Å². The van der Waals surface area contributed by atoms with Gasteiger partial charge in [-0.05, 0) is 58.4 Å². The van der Waals surface area contributed by atoms with Crippen molar-refractivity contribution in [1.82, 2.24) is 5.32 Å². The maximum atomic E-state index is 12.9. The fraction of sp³-hybridized carbons (Fsp3) is 0.435. The molecule has 0 fully saturated rings. The molecule has 8 nitrogen and oxygen atoms in total. The summed E-state index contributed by atoms with van der Waals surface area (Å²) >= 11 is 0.